The van der Waals surface area contributed by atoms with Gasteiger partial charge in [0.25, 0.3) is 0 Å². The number of hydrogen-bond donors (Lipinski definition) is 1. The predicted octanol–water partition coefficient (Wildman–Crippen LogP) is 2.90. The van der Waals surface area contributed by atoms with Gasteiger partial charge in [-0.15, -0.1) is 0 Å². The van der Waals surface area contributed by atoms with Gasteiger partial charge in [-0.05, 0) is 36.5 Å². The van der Waals surface area contributed by atoms with E-state index in [1.54, 1.807) is 32.8 Å². The zero-order valence-corrected chi connectivity index (χ0v) is 13.9. The number of nitrogens with one attached hydrogen (secondary N) is 1. The molecule has 0 saturated heterocycles. The van der Waals surface area contributed by atoms with Crippen LogP contribution in [0.1, 0.15) is 5.56 Å². The van der Waals surface area contributed by atoms with Crippen molar-refractivity contribution in [3.05, 3.63) is 53.1 Å². The average Bonchev–Trinajstić information content (AvgIpc) is 3.00. The van der Waals surface area contributed by atoms with Crippen molar-refractivity contribution in [3.8, 4) is 22.9 Å². The summed E-state index contributed by atoms with van der Waals surface area (Å²) in [6.45, 7) is 0. The van der Waals surface area contributed by atoms with Crippen LogP contribution in [-0.2, 0) is 0 Å². The highest BCUT2D eigenvalue weighted by Gasteiger charge is 2.10. The Balaban J connectivity index is 2.03. The number of aromatic amines is 1. The summed E-state index contributed by atoms with van der Waals surface area (Å²) in [6, 6.07) is 9.26. The van der Waals surface area contributed by atoms with E-state index in [0.717, 1.165) is 11.1 Å². The predicted molar refractivity (Wildman–Crippen MR) is 93.2 cm³/mol. The third-order valence-electron chi connectivity index (χ3n) is 3.32. The molecule has 2 aromatic heterocycles. The minimum Gasteiger partial charge on any atom is -0.493 e. The first-order valence-corrected chi connectivity index (χ1v) is 7.48. The summed E-state index contributed by atoms with van der Waals surface area (Å²) in [5.74, 6) is 1.80. The summed E-state index contributed by atoms with van der Waals surface area (Å²) in [6.07, 6.45) is 5.04. The van der Waals surface area contributed by atoms with E-state index in [2.05, 4.69) is 20.3 Å². The number of H-pyrrole nitrogens is 1. The van der Waals surface area contributed by atoms with Crippen LogP contribution < -0.4 is 9.47 Å². The lowest BCUT2D eigenvalue weighted by Gasteiger charge is -2.09. The minimum absolute atomic E-state index is 0.381. The maximum atomic E-state index is 5.40. The van der Waals surface area contributed by atoms with E-state index in [9.17, 15) is 0 Å². The standard InChI is InChI=1S/C16H15N5O2S/c1-22-13-7-3-5-11(14(13)23-2)10-18-21-15(19-20-16(21)24)12-6-4-8-17-9-12/h3-10H,1-2H3,(H,20,24). The van der Waals surface area contributed by atoms with Crippen molar-refractivity contribution in [2.24, 2.45) is 5.10 Å². The Morgan fingerprint density at radius 2 is 2.08 bits per heavy atom. The zero-order chi connectivity index (χ0) is 16.9. The Kier molecular flexibility index (Phi) is 4.66. The Hall–Kier alpha value is -3.00. The lowest BCUT2D eigenvalue weighted by Crippen LogP contribution is -1.98. The molecule has 0 saturated carbocycles. The van der Waals surface area contributed by atoms with Crippen LogP contribution >= 0.6 is 12.2 Å². The normalized spacial score (nSPS) is 10.9. The first kappa shape index (κ1) is 15.9. The summed E-state index contributed by atoms with van der Waals surface area (Å²) in [4.78, 5) is 4.09. The molecule has 0 aliphatic rings. The summed E-state index contributed by atoms with van der Waals surface area (Å²) < 4.78 is 12.6. The van der Waals surface area contributed by atoms with Gasteiger partial charge >= 0.3 is 0 Å². The molecule has 0 fully saturated rings. The summed E-state index contributed by atoms with van der Waals surface area (Å²) in [7, 11) is 3.17. The molecule has 1 N–H and O–H groups in total. The fourth-order valence-corrected chi connectivity index (χ4v) is 2.39. The molecule has 0 unspecified atom stereocenters. The van der Waals surface area contributed by atoms with Crippen molar-refractivity contribution in [1.82, 2.24) is 19.9 Å². The largest absolute Gasteiger partial charge is 0.493 e. The number of methoxy groups -OCH3 is 2. The van der Waals surface area contributed by atoms with E-state index in [-0.39, 0.29) is 0 Å². The van der Waals surface area contributed by atoms with Crippen LogP contribution in [-0.4, -0.2) is 40.3 Å². The first-order chi connectivity index (χ1) is 11.7. The number of ether oxygens (including phenoxy) is 2. The second kappa shape index (κ2) is 7.05. The third kappa shape index (κ3) is 3.04. The molecule has 122 valence electrons. The van der Waals surface area contributed by atoms with Crippen molar-refractivity contribution in [1.29, 1.82) is 0 Å². The molecule has 8 heteroatoms. The van der Waals surface area contributed by atoms with E-state index in [0.29, 0.717) is 22.1 Å². The van der Waals surface area contributed by atoms with Gasteiger partial charge in [-0.2, -0.15) is 14.9 Å². The van der Waals surface area contributed by atoms with Gasteiger partial charge in [-0.3, -0.25) is 4.98 Å². The molecule has 0 spiro atoms. The molecular weight excluding hydrogens is 326 g/mol. The van der Waals surface area contributed by atoms with Crippen molar-refractivity contribution >= 4 is 18.4 Å². The molecule has 0 radical (unpaired) electrons. The van der Waals surface area contributed by atoms with Gasteiger partial charge in [0, 0.05) is 23.5 Å². The zero-order valence-electron chi connectivity index (χ0n) is 13.1. The van der Waals surface area contributed by atoms with E-state index >= 15 is 0 Å². The van der Waals surface area contributed by atoms with Gasteiger partial charge in [-0.25, -0.2) is 5.10 Å². The fourth-order valence-electron chi connectivity index (χ4n) is 2.21. The number of rotatable bonds is 5. The van der Waals surface area contributed by atoms with E-state index < -0.39 is 0 Å². The van der Waals surface area contributed by atoms with Crippen molar-refractivity contribution in [2.45, 2.75) is 0 Å². The van der Waals surface area contributed by atoms with Crippen molar-refractivity contribution in [3.63, 3.8) is 0 Å². The molecule has 0 bridgehead atoms. The lowest BCUT2D eigenvalue weighted by molar-refractivity contribution is 0.354. The van der Waals surface area contributed by atoms with Crippen molar-refractivity contribution in [2.75, 3.05) is 14.2 Å². The molecule has 0 aliphatic heterocycles. The average molecular weight is 341 g/mol. The molecule has 24 heavy (non-hydrogen) atoms. The Labute approximate surface area is 143 Å². The highest BCUT2D eigenvalue weighted by atomic mass is 32.1. The highest BCUT2D eigenvalue weighted by molar-refractivity contribution is 7.71. The fraction of sp³-hybridized carbons (Fsp3) is 0.125. The Morgan fingerprint density at radius 3 is 2.79 bits per heavy atom. The van der Waals surface area contributed by atoms with E-state index in [1.807, 2.05) is 30.3 Å². The third-order valence-corrected chi connectivity index (χ3v) is 3.58. The monoisotopic (exact) mass is 341 g/mol. The van der Waals surface area contributed by atoms with Gasteiger partial charge < -0.3 is 9.47 Å². The molecule has 0 aliphatic carbocycles. The molecule has 3 rings (SSSR count). The summed E-state index contributed by atoms with van der Waals surface area (Å²) in [5.41, 5.74) is 1.57. The van der Waals surface area contributed by atoms with Crippen LogP contribution in [0.25, 0.3) is 11.4 Å². The van der Waals surface area contributed by atoms with Gasteiger partial charge in [0.05, 0.1) is 20.4 Å². The number of aromatic nitrogens is 4. The number of para-hydroxylation sites is 1. The maximum absolute atomic E-state index is 5.40. The number of benzene rings is 1. The summed E-state index contributed by atoms with van der Waals surface area (Å²) >= 11 is 5.25. The minimum atomic E-state index is 0.381. The lowest BCUT2D eigenvalue weighted by atomic mass is 10.2. The Bertz CT molecular complexity index is 918. The number of hydrogen-bond acceptors (Lipinski definition) is 6. The van der Waals surface area contributed by atoms with Gasteiger partial charge in [0.2, 0.25) is 4.77 Å². The Morgan fingerprint density at radius 1 is 1.21 bits per heavy atom. The second-order valence-corrected chi connectivity index (χ2v) is 5.12. The molecule has 1 aromatic carbocycles. The van der Waals surface area contributed by atoms with E-state index in [1.165, 1.54) is 4.68 Å². The van der Waals surface area contributed by atoms with Crippen LogP contribution in [0.5, 0.6) is 11.5 Å². The molecule has 0 amide bonds. The smallest absolute Gasteiger partial charge is 0.216 e. The SMILES string of the molecule is COc1cccc(C=Nn2c(-c3cccnc3)n[nH]c2=S)c1OC. The molecule has 0 atom stereocenters. The maximum Gasteiger partial charge on any atom is 0.216 e. The van der Waals surface area contributed by atoms with Gasteiger partial charge in [-0.1, -0.05) is 6.07 Å². The van der Waals surface area contributed by atoms with Crippen LogP contribution in [0.4, 0.5) is 0 Å². The van der Waals surface area contributed by atoms with Crippen LogP contribution in [0.3, 0.4) is 0 Å². The number of pyridine rings is 1. The topological polar surface area (TPSA) is 77.3 Å². The van der Waals surface area contributed by atoms with Crippen LogP contribution in [0.15, 0.2) is 47.8 Å². The van der Waals surface area contributed by atoms with Crippen molar-refractivity contribution < 1.29 is 9.47 Å². The molecule has 2 heterocycles. The van der Waals surface area contributed by atoms with Gasteiger partial charge in [0.15, 0.2) is 17.3 Å². The highest BCUT2D eigenvalue weighted by Crippen LogP contribution is 2.29. The van der Waals surface area contributed by atoms with Crippen LogP contribution in [0, 0.1) is 4.77 Å². The molecule has 7 nitrogen and oxygen atoms in total. The van der Waals surface area contributed by atoms with Crippen LogP contribution in [0.2, 0.25) is 0 Å². The van der Waals surface area contributed by atoms with Gasteiger partial charge in [0.1, 0.15) is 0 Å². The van der Waals surface area contributed by atoms with E-state index in [4.69, 9.17) is 21.7 Å². The summed E-state index contributed by atoms with van der Waals surface area (Å²) in [5, 5.41) is 11.4. The molecule has 3 aromatic rings. The molecular formula is C16H15N5O2S. The first-order valence-electron chi connectivity index (χ1n) is 7.07. The number of nitrogens with zero attached hydrogens (tertiary/aromatic N) is 4. The quantitative estimate of drug-likeness (QED) is 0.570. The second-order valence-electron chi connectivity index (χ2n) is 4.73.